The summed E-state index contributed by atoms with van der Waals surface area (Å²) in [7, 11) is -3.78. The number of sulfonamides is 1. The lowest BCUT2D eigenvalue weighted by molar-refractivity contribution is -0.384. The Bertz CT molecular complexity index is 940. The SMILES string of the molecule is C[C@@H]1C[C@@H](C)CN(S(=O)(=O)c2ccc(NCc3ccccn3)c([N+](=O)[O-])c2)C1. The molecule has 1 aliphatic rings. The molecule has 2 heterocycles. The summed E-state index contributed by atoms with van der Waals surface area (Å²) in [5, 5.41) is 14.5. The molecule has 0 saturated carbocycles. The zero-order valence-electron chi connectivity index (χ0n) is 15.9. The number of hydrogen-bond donors (Lipinski definition) is 1. The van der Waals surface area contributed by atoms with Crippen LogP contribution in [0.2, 0.25) is 0 Å². The normalized spacial score (nSPS) is 20.6. The fourth-order valence-electron chi connectivity index (χ4n) is 3.61. The summed E-state index contributed by atoms with van der Waals surface area (Å²) in [5.41, 5.74) is 0.717. The smallest absolute Gasteiger partial charge is 0.293 e. The van der Waals surface area contributed by atoms with Gasteiger partial charge in [0, 0.05) is 25.4 Å². The molecule has 150 valence electrons. The van der Waals surface area contributed by atoms with Gasteiger partial charge in [0.15, 0.2) is 0 Å². The number of nitrogens with one attached hydrogen (secondary N) is 1. The number of benzene rings is 1. The van der Waals surface area contributed by atoms with Crippen molar-refractivity contribution in [3.8, 4) is 0 Å². The summed E-state index contributed by atoms with van der Waals surface area (Å²) < 4.78 is 27.5. The molecule has 0 unspecified atom stereocenters. The first-order valence-corrected chi connectivity index (χ1v) is 10.6. The maximum absolute atomic E-state index is 13.0. The number of anilines is 1. The van der Waals surface area contributed by atoms with Gasteiger partial charge in [-0.05, 0) is 42.5 Å². The highest BCUT2D eigenvalue weighted by atomic mass is 32.2. The summed E-state index contributed by atoms with van der Waals surface area (Å²) in [6.45, 7) is 5.20. The monoisotopic (exact) mass is 404 g/mol. The Morgan fingerprint density at radius 1 is 1.21 bits per heavy atom. The van der Waals surface area contributed by atoms with Gasteiger partial charge in [0.1, 0.15) is 5.69 Å². The van der Waals surface area contributed by atoms with E-state index >= 15 is 0 Å². The quantitative estimate of drug-likeness (QED) is 0.585. The van der Waals surface area contributed by atoms with Gasteiger partial charge in [0.2, 0.25) is 10.0 Å². The minimum Gasteiger partial charge on any atom is -0.374 e. The third-order valence-electron chi connectivity index (χ3n) is 4.83. The van der Waals surface area contributed by atoms with E-state index in [2.05, 4.69) is 10.3 Å². The average molecular weight is 404 g/mol. The van der Waals surface area contributed by atoms with Crippen LogP contribution in [0.3, 0.4) is 0 Å². The predicted octanol–water partition coefficient (Wildman–Crippen LogP) is 3.27. The Morgan fingerprint density at radius 2 is 1.93 bits per heavy atom. The van der Waals surface area contributed by atoms with Crippen LogP contribution in [0.4, 0.5) is 11.4 Å². The number of aromatic nitrogens is 1. The van der Waals surface area contributed by atoms with E-state index in [0.717, 1.165) is 18.2 Å². The standard InChI is InChI=1S/C19H24N4O4S/c1-14-9-15(2)13-22(12-14)28(26,27)17-6-7-18(19(10-17)23(24)25)21-11-16-5-3-4-8-20-16/h3-8,10,14-15,21H,9,11-13H2,1-2H3/t14-,15-/m1/s1. The van der Waals surface area contributed by atoms with Crippen molar-refractivity contribution >= 4 is 21.4 Å². The van der Waals surface area contributed by atoms with Crippen molar-refractivity contribution in [2.45, 2.75) is 31.7 Å². The Hall–Kier alpha value is -2.52. The molecule has 1 fully saturated rings. The van der Waals surface area contributed by atoms with Gasteiger partial charge in [-0.25, -0.2) is 8.42 Å². The summed E-state index contributed by atoms with van der Waals surface area (Å²) in [5.74, 6) is 0.514. The molecule has 0 amide bonds. The van der Waals surface area contributed by atoms with Crippen molar-refractivity contribution < 1.29 is 13.3 Å². The highest BCUT2D eigenvalue weighted by molar-refractivity contribution is 7.89. The second kappa shape index (κ2) is 8.24. The molecule has 0 aliphatic carbocycles. The minimum absolute atomic E-state index is 0.0520. The molecular formula is C19H24N4O4S. The van der Waals surface area contributed by atoms with Crippen LogP contribution in [0.5, 0.6) is 0 Å². The highest BCUT2D eigenvalue weighted by Crippen LogP contribution is 2.31. The Kier molecular flexibility index (Phi) is 5.95. The van der Waals surface area contributed by atoms with Gasteiger partial charge in [-0.15, -0.1) is 0 Å². The third kappa shape index (κ3) is 4.48. The lowest BCUT2D eigenvalue weighted by atomic mass is 9.94. The second-order valence-electron chi connectivity index (χ2n) is 7.38. The maximum atomic E-state index is 13.0. The third-order valence-corrected chi connectivity index (χ3v) is 6.65. The number of rotatable bonds is 6. The van der Waals surface area contributed by atoms with E-state index in [-0.39, 0.29) is 28.1 Å². The van der Waals surface area contributed by atoms with Crippen molar-refractivity contribution in [3.63, 3.8) is 0 Å². The molecule has 1 aromatic heterocycles. The molecule has 3 rings (SSSR count). The number of piperidine rings is 1. The molecule has 2 atom stereocenters. The van der Waals surface area contributed by atoms with Gasteiger partial charge in [-0.2, -0.15) is 4.31 Å². The summed E-state index contributed by atoms with van der Waals surface area (Å²) in [6.07, 6.45) is 2.62. The Balaban J connectivity index is 1.86. The van der Waals surface area contributed by atoms with Crippen LogP contribution in [-0.2, 0) is 16.6 Å². The first-order chi connectivity index (χ1) is 13.3. The van der Waals surface area contributed by atoms with Gasteiger partial charge in [-0.1, -0.05) is 19.9 Å². The molecule has 1 N–H and O–H groups in total. The number of nitrogens with zero attached hydrogens (tertiary/aromatic N) is 3. The van der Waals surface area contributed by atoms with Crippen molar-refractivity contribution in [3.05, 3.63) is 58.4 Å². The van der Waals surface area contributed by atoms with E-state index in [1.165, 1.54) is 16.4 Å². The van der Waals surface area contributed by atoms with E-state index in [1.807, 2.05) is 19.9 Å². The van der Waals surface area contributed by atoms with Gasteiger partial charge in [0.05, 0.1) is 22.1 Å². The average Bonchev–Trinajstić information content (AvgIpc) is 2.66. The van der Waals surface area contributed by atoms with Crippen LogP contribution < -0.4 is 5.32 Å². The van der Waals surface area contributed by atoms with Gasteiger partial charge in [-0.3, -0.25) is 15.1 Å². The lowest BCUT2D eigenvalue weighted by Crippen LogP contribution is -2.42. The number of nitro groups is 1. The zero-order valence-corrected chi connectivity index (χ0v) is 16.7. The molecule has 0 spiro atoms. The maximum Gasteiger partial charge on any atom is 0.293 e. The van der Waals surface area contributed by atoms with E-state index in [0.29, 0.717) is 19.6 Å². The number of hydrogen-bond acceptors (Lipinski definition) is 6. The van der Waals surface area contributed by atoms with E-state index < -0.39 is 14.9 Å². The van der Waals surface area contributed by atoms with Gasteiger partial charge >= 0.3 is 0 Å². The summed E-state index contributed by atoms with van der Waals surface area (Å²) in [6, 6.07) is 9.43. The number of pyridine rings is 1. The van der Waals surface area contributed by atoms with Gasteiger partial charge in [0.25, 0.3) is 5.69 Å². The number of nitro benzene ring substituents is 1. The highest BCUT2D eigenvalue weighted by Gasteiger charge is 2.33. The van der Waals surface area contributed by atoms with Crippen LogP contribution in [-0.4, -0.2) is 35.7 Å². The van der Waals surface area contributed by atoms with Gasteiger partial charge < -0.3 is 5.32 Å². The zero-order chi connectivity index (χ0) is 20.3. The molecule has 8 nitrogen and oxygen atoms in total. The van der Waals surface area contributed by atoms with E-state index in [9.17, 15) is 18.5 Å². The van der Waals surface area contributed by atoms with Crippen LogP contribution in [0.25, 0.3) is 0 Å². The molecule has 2 aromatic rings. The Labute approximate surface area is 164 Å². The largest absolute Gasteiger partial charge is 0.374 e. The van der Waals surface area contributed by atoms with Crippen molar-refractivity contribution in [1.82, 2.24) is 9.29 Å². The molecule has 0 radical (unpaired) electrons. The lowest BCUT2D eigenvalue weighted by Gasteiger charge is -2.34. The fraction of sp³-hybridized carbons (Fsp3) is 0.421. The van der Waals surface area contributed by atoms with Crippen LogP contribution in [0.1, 0.15) is 26.0 Å². The molecule has 0 bridgehead atoms. The molecule has 1 aromatic carbocycles. The first-order valence-electron chi connectivity index (χ1n) is 9.19. The van der Waals surface area contributed by atoms with Crippen LogP contribution in [0.15, 0.2) is 47.5 Å². The Morgan fingerprint density at radius 3 is 2.54 bits per heavy atom. The van der Waals surface area contributed by atoms with Crippen LogP contribution in [0, 0.1) is 22.0 Å². The molecular weight excluding hydrogens is 380 g/mol. The first kappa shape index (κ1) is 20.2. The predicted molar refractivity (Wildman–Crippen MR) is 106 cm³/mol. The topological polar surface area (TPSA) is 105 Å². The fourth-order valence-corrected chi connectivity index (χ4v) is 5.31. The van der Waals surface area contributed by atoms with Crippen molar-refractivity contribution in [1.29, 1.82) is 0 Å². The molecule has 9 heteroatoms. The minimum atomic E-state index is -3.78. The van der Waals surface area contributed by atoms with E-state index in [4.69, 9.17) is 0 Å². The summed E-state index contributed by atoms with van der Waals surface area (Å²) >= 11 is 0. The molecule has 1 aliphatic heterocycles. The van der Waals surface area contributed by atoms with Crippen molar-refractivity contribution in [2.24, 2.45) is 11.8 Å². The van der Waals surface area contributed by atoms with E-state index in [1.54, 1.807) is 18.3 Å². The molecule has 1 saturated heterocycles. The van der Waals surface area contributed by atoms with Crippen LogP contribution >= 0.6 is 0 Å². The second-order valence-corrected chi connectivity index (χ2v) is 9.32. The molecule has 28 heavy (non-hydrogen) atoms. The summed E-state index contributed by atoms with van der Waals surface area (Å²) in [4.78, 5) is 15.1. The van der Waals surface area contributed by atoms with Crippen molar-refractivity contribution in [2.75, 3.05) is 18.4 Å².